The first-order valence-electron chi connectivity index (χ1n) is 10.3. The average molecular weight is 410 g/mol. The van der Waals surface area contributed by atoms with E-state index in [0.29, 0.717) is 17.9 Å². The minimum absolute atomic E-state index is 0.0387. The van der Waals surface area contributed by atoms with Gasteiger partial charge in [-0.2, -0.15) is 0 Å². The van der Waals surface area contributed by atoms with Gasteiger partial charge in [-0.3, -0.25) is 14.4 Å². The fourth-order valence-corrected chi connectivity index (χ4v) is 3.83. The summed E-state index contributed by atoms with van der Waals surface area (Å²) >= 11 is 0. The summed E-state index contributed by atoms with van der Waals surface area (Å²) in [5.41, 5.74) is 3.50. The van der Waals surface area contributed by atoms with Gasteiger partial charge in [0, 0.05) is 30.0 Å². The van der Waals surface area contributed by atoms with Gasteiger partial charge in [-0.05, 0) is 56.2 Å². The van der Waals surface area contributed by atoms with Crippen molar-refractivity contribution in [2.45, 2.75) is 33.2 Å². The van der Waals surface area contributed by atoms with Crippen molar-refractivity contribution < 1.29 is 19.3 Å². The highest BCUT2D eigenvalue weighted by Gasteiger charge is 2.32. The zero-order valence-corrected chi connectivity index (χ0v) is 17.7. The molecule has 3 rings (SSSR count). The molecular weight excluding hydrogens is 380 g/mol. The molecule has 0 bridgehead atoms. The van der Waals surface area contributed by atoms with Crippen LogP contribution in [0.3, 0.4) is 0 Å². The zero-order chi connectivity index (χ0) is 21.7. The molecule has 0 radical (unpaired) electrons. The van der Waals surface area contributed by atoms with Gasteiger partial charge in [-0.15, -0.1) is 0 Å². The van der Waals surface area contributed by atoms with Crippen LogP contribution in [-0.4, -0.2) is 43.4 Å². The predicted octanol–water partition coefficient (Wildman–Crippen LogP) is 1.47. The second-order valence-electron chi connectivity index (χ2n) is 7.71. The molecule has 2 aromatic carbocycles. The molecule has 7 heteroatoms. The molecule has 2 aromatic rings. The van der Waals surface area contributed by atoms with Crippen molar-refractivity contribution in [2.75, 3.05) is 35.2 Å². The lowest BCUT2D eigenvalue weighted by molar-refractivity contribution is -0.881. The number of nitrogens with zero attached hydrogens (tertiary/aromatic N) is 1. The van der Waals surface area contributed by atoms with Crippen molar-refractivity contribution >= 4 is 34.8 Å². The first kappa shape index (κ1) is 21.5. The molecule has 0 aromatic heterocycles. The molecule has 1 unspecified atom stereocenters. The fourth-order valence-electron chi connectivity index (χ4n) is 3.83. The van der Waals surface area contributed by atoms with Crippen molar-refractivity contribution in [1.82, 2.24) is 0 Å². The Kier molecular flexibility index (Phi) is 6.84. The number of hydrogen-bond acceptors (Lipinski definition) is 3. The number of likely N-dealkylation sites (N-methyl/N-ethyl adjacent to an activating group) is 1. The number of anilines is 3. The van der Waals surface area contributed by atoms with E-state index in [9.17, 15) is 14.4 Å². The van der Waals surface area contributed by atoms with E-state index in [2.05, 4.69) is 23.6 Å². The van der Waals surface area contributed by atoms with Crippen LogP contribution < -0.4 is 20.4 Å². The van der Waals surface area contributed by atoms with E-state index in [1.165, 1.54) is 12.5 Å². The van der Waals surface area contributed by atoms with E-state index < -0.39 is 0 Å². The molecule has 3 amide bonds. The van der Waals surface area contributed by atoms with Gasteiger partial charge in [0.1, 0.15) is 0 Å². The Morgan fingerprint density at radius 1 is 1.00 bits per heavy atom. The lowest BCUT2D eigenvalue weighted by Crippen LogP contribution is -3.14. The second-order valence-corrected chi connectivity index (χ2v) is 7.71. The number of fused-ring (bicyclic) bond motifs is 1. The van der Waals surface area contributed by atoms with Gasteiger partial charge in [0.15, 0.2) is 13.1 Å². The quantitative estimate of drug-likeness (QED) is 0.648. The van der Waals surface area contributed by atoms with Gasteiger partial charge >= 0.3 is 0 Å². The number of quaternary nitrogens is 1. The van der Waals surface area contributed by atoms with Crippen LogP contribution in [0, 0.1) is 0 Å². The van der Waals surface area contributed by atoms with Crippen LogP contribution in [0.5, 0.6) is 0 Å². The molecule has 0 saturated heterocycles. The van der Waals surface area contributed by atoms with Crippen LogP contribution >= 0.6 is 0 Å². The molecule has 7 nitrogen and oxygen atoms in total. The molecule has 0 spiro atoms. The highest BCUT2D eigenvalue weighted by molar-refractivity contribution is 5.97. The van der Waals surface area contributed by atoms with Crippen LogP contribution in [0.2, 0.25) is 0 Å². The summed E-state index contributed by atoms with van der Waals surface area (Å²) in [6.07, 6.45) is 0.859. The SMILES string of the molecule is CC[NH+](CC(=O)Nc1ccc(NC(C)=O)cc1)CC(=O)N1c2ccccc2C[C@H]1C. The molecule has 1 heterocycles. The summed E-state index contributed by atoms with van der Waals surface area (Å²) in [6.45, 7) is 6.62. The number of para-hydroxylation sites is 1. The summed E-state index contributed by atoms with van der Waals surface area (Å²) in [6, 6.07) is 15.1. The highest BCUT2D eigenvalue weighted by Crippen LogP contribution is 2.31. The maximum Gasteiger partial charge on any atom is 0.282 e. The molecule has 3 N–H and O–H groups in total. The predicted molar refractivity (Wildman–Crippen MR) is 118 cm³/mol. The molecule has 1 aliphatic rings. The Labute approximate surface area is 177 Å². The Morgan fingerprint density at radius 2 is 1.63 bits per heavy atom. The second kappa shape index (κ2) is 9.54. The van der Waals surface area contributed by atoms with Crippen molar-refractivity contribution in [3.05, 3.63) is 54.1 Å². The molecule has 30 heavy (non-hydrogen) atoms. The minimum atomic E-state index is -0.151. The van der Waals surface area contributed by atoms with Crippen LogP contribution in [0.1, 0.15) is 26.3 Å². The number of carbonyl (C=O) groups is 3. The number of amides is 3. The number of benzene rings is 2. The maximum atomic E-state index is 13.0. The lowest BCUT2D eigenvalue weighted by Gasteiger charge is -2.25. The van der Waals surface area contributed by atoms with Crippen molar-refractivity contribution in [3.63, 3.8) is 0 Å². The van der Waals surface area contributed by atoms with E-state index in [-0.39, 0.29) is 36.9 Å². The van der Waals surface area contributed by atoms with Crippen molar-refractivity contribution in [1.29, 1.82) is 0 Å². The molecule has 0 aliphatic carbocycles. The molecule has 0 fully saturated rings. The Bertz CT molecular complexity index is 926. The first-order valence-corrected chi connectivity index (χ1v) is 10.3. The standard InChI is InChI=1S/C23H28N4O3/c1-4-26(14-22(29)25-20-11-9-19(10-12-20)24-17(3)28)15-23(30)27-16(2)13-18-7-5-6-8-21(18)27/h5-12,16H,4,13-15H2,1-3H3,(H,24,28)(H,25,29)/p+1/t16-/m1/s1. The van der Waals surface area contributed by atoms with Gasteiger partial charge < -0.3 is 20.4 Å². The van der Waals surface area contributed by atoms with Crippen molar-refractivity contribution in [2.24, 2.45) is 0 Å². The zero-order valence-electron chi connectivity index (χ0n) is 17.7. The molecule has 2 atom stereocenters. The number of hydrogen-bond donors (Lipinski definition) is 3. The summed E-state index contributed by atoms with van der Waals surface area (Å²) in [4.78, 5) is 39.3. The van der Waals surface area contributed by atoms with Crippen LogP contribution in [-0.2, 0) is 20.8 Å². The van der Waals surface area contributed by atoms with Gasteiger partial charge in [-0.25, -0.2) is 0 Å². The largest absolute Gasteiger partial charge is 0.326 e. The van der Waals surface area contributed by atoms with Gasteiger partial charge in [0.2, 0.25) is 5.91 Å². The summed E-state index contributed by atoms with van der Waals surface area (Å²) in [5, 5.41) is 5.54. The van der Waals surface area contributed by atoms with E-state index in [1.807, 2.05) is 30.0 Å². The average Bonchev–Trinajstić information content (AvgIpc) is 3.04. The monoisotopic (exact) mass is 409 g/mol. The number of rotatable bonds is 7. The molecule has 1 aliphatic heterocycles. The van der Waals surface area contributed by atoms with E-state index in [4.69, 9.17) is 0 Å². The number of nitrogens with one attached hydrogen (secondary N) is 3. The van der Waals surface area contributed by atoms with E-state index >= 15 is 0 Å². The number of carbonyl (C=O) groups excluding carboxylic acids is 3. The van der Waals surface area contributed by atoms with E-state index in [1.54, 1.807) is 24.3 Å². The third kappa shape index (κ3) is 5.24. The Hall–Kier alpha value is -3.19. The smallest absolute Gasteiger partial charge is 0.282 e. The van der Waals surface area contributed by atoms with Crippen LogP contribution in [0.4, 0.5) is 17.1 Å². The Morgan fingerprint density at radius 3 is 2.27 bits per heavy atom. The summed E-state index contributed by atoms with van der Waals surface area (Å²) in [7, 11) is 0. The molecule has 0 saturated carbocycles. The van der Waals surface area contributed by atoms with Crippen LogP contribution in [0.15, 0.2) is 48.5 Å². The van der Waals surface area contributed by atoms with Crippen LogP contribution in [0.25, 0.3) is 0 Å². The normalized spacial score (nSPS) is 16.0. The molecular formula is C23H29N4O3+. The summed E-state index contributed by atoms with van der Waals surface area (Å²) in [5.74, 6) is -0.257. The van der Waals surface area contributed by atoms with Gasteiger partial charge in [0.25, 0.3) is 11.8 Å². The van der Waals surface area contributed by atoms with Crippen molar-refractivity contribution in [3.8, 4) is 0 Å². The maximum absolute atomic E-state index is 13.0. The third-order valence-corrected chi connectivity index (χ3v) is 5.28. The van der Waals surface area contributed by atoms with E-state index in [0.717, 1.165) is 17.0 Å². The minimum Gasteiger partial charge on any atom is -0.326 e. The lowest BCUT2D eigenvalue weighted by atomic mass is 10.1. The fraction of sp³-hybridized carbons (Fsp3) is 0.348. The Balaban J connectivity index is 1.57. The van der Waals surface area contributed by atoms with Gasteiger partial charge in [0.05, 0.1) is 6.54 Å². The first-order chi connectivity index (χ1) is 14.4. The molecule has 158 valence electrons. The third-order valence-electron chi connectivity index (χ3n) is 5.28. The summed E-state index contributed by atoms with van der Waals surface area (Å²) < 4.78 is 0. The topological polar surface area (TPSA) is 83.0 Å². The highest BCUT2D eigenvalue weighted by atomic mass is 16.2. The van der Waals surface area contributed by atoms with Gasteiger partial charge in [-0.1, -0.05) is 18.2 Å².